The highest BCUT2D eigenvalue weighted by molar-refractivity contribution is 8.00. The Kier molecular flexibility index (Phi) is 9.62. The summed E-state index contributed by atoms with van der Waals surface area (Å²) >= 11 is 2.13. The Balaban J connectivity index is 1.27. The van der Waals surface area contributed by atoms with Crippen molar-refractivity contribution in [1.82, 2.24) is 0 Å². The number of rotatable bonds is 10. The predicted octanol–water partition coefficient (Wildman–Crippen LogP) is 8.89. The molecule has 3 rings (SSSR count). The Hall–Kier alpha value is -0.430. The molecular weight excluding hydrogens is 344 g/mol. The zero-order valence-electron chi connectivity index (χ0n) is 17.7. The average molecular weight is 387 g/mol. The van der Waals surface area contributed by atoms with Crippen molar-refractivity contribution in [2.45, 2.75) is 113 Å². The topological polar surface area (TPSA) is 0 Å². The average Bonchev–Trinajstić information content (AvgIpc) is 2.72. The van der Waals surface area contributed by atoms with E-state index in [9.17, 15) is 0 Å². The summed E-state index contributed by atoms with van der Waals surface area (Å²) in [5.41, 5.74) is 0. The molecule has 0 aliphatic heterocycles. The molecule has 1 aromatic rings. The lowest BCUT2D eigenvalue weighted by atomic mass is 9.70. The maximum absolute atomic E-state index is 2.31. The lowest BCUT2D eigenvalue weighted by Gasteiger charge is -2.37. The van der Waals surface area contributed by atoms with Crippen molar-refractivity contribution in [2.24, 2.45) is 17.8 Å². The van der Waals surface area contributed by atoms with Crippen molar-refractivity contribution in [1.29, 1.82) is 0 Å². The largest absolute Gasteiger partial charge is 0.123 e. The van der Waals surface area contributed by atoms with Crippen molar-refractivity contribution in [3.05, 3.63) is 30.3 Å². The molecule has 2 aliphatic rings. The van der Waals surface area contributed by atoms with Gasteiger partial charge in [-0.3, -0.25) is 0 Å². The van der Waals surface area contributed by atoms with Crippen LogP contribution in [0.4, 0.5) is 0 Å². The monoisotopic (exact) mass is 386 g/mol. The predicted molar refractivity (Wildman–Crippen MR) is 121 cm³/mol. The number of benzene rings is 1. The molecule has 2 fully saturated rings. The highest BCUT2D eigenvalue weighted by Crippen LogP contribution is 2.44. The molecule has 27 heavy (non-hydrogen) atoms. The Labute approximate surface area is 173 Å². The maximum atomic E-state index is 2.31. The van der Waals surface area contributed by atoms with E-state index in [0.29, 0.717) is 0 Å². The van der Waals surface area contributed by atoms with Crippen molar-refractivity contribution in [2.75, 3.05) is 0 Å². The summed E-state index contributed by atoms with van der Waals surface area (Å²) in [7, 11) is 0. The molecule has 0 bridgehead atoms. The van der Waals surface area contributed by atoms with Gasteiger partial charge in [0.25, 0.3) is 0 Å². The summed E-state index contributed by atoms with van der Waals surface area (Å²) in [5, 5.41) is 0.868. The van der Waals surface area contributed by atoms with Gasteiger partial charge in [0.1, 0.15) is 0 Å². The minimum absolute atomic E-state index is 0.868. The van der Waals surface area contributed by atoms with E-state index in [1.165, 1.54) is 75.5 Å². The molecule has 0 saturated heterocycles. The van der Waals surface area contributed by atoms with Crippen LogP contribution in [0.25, 0.3) is 0 Å². The minimum Gasteiger partial charge on any atom is -0.123 e. The van der Waals surface area contributed by atoms with Crippen molar-refractivity contribution in [3.63, 3.8) is 0 Å². The Morgan fingerprint density at radius 1 is 0.704 bits per heavy atom. The van der Waals surface area contributed by atoms with Gasteiger partial charge in [0.2, 0.25) is 0 Å². The summed E-state index contributed by atoms with van der Waals surface area (Å²) in [5.74, 6) is 3.18. The molecule has 152 valence electrons. The SMILES string of the molecule is CCCCCCCCC1CCC(C2CCC(Sc3ccccc3)CC2)CC1. The highest BCUT2D eigenvalue weighted by Gasteiger charge is 2.30. The Morgan fingerprint density at radius 2 is 1.30 bits per heavy atom. The zero-order chi connectivity index (χ0) is 18.7. The first kappa shape index (κ1) is 21.3. The first-order valence-electron chi connectivity index (χ1n) is 12.1. The third-order valence-electron chi connectivity index (χ3n) is 7.29. The van der Waals surface area contributed by atoms with Crippen LogP contribution in [0.5, 0.6) is 0 Å². The van der Waals surface area contributed by atoms with E-state index in [2.05, 4.69) is 49.0 Å². The fourth-order valence-electron chi connectivity index (χ4n) is 5.53. The third-order valence-corrected chi connectivity index (χ3v) is 8.64. The van der Waals surface area contributed by atoms with Gasteiger partial charge in [-0.2, -0.15) is 0 Å². The fraction of sp³-hybridized carbons (Fsp3) is 0.769. The van der Waals surface area contributed by atoms with Gasteiger partial charge in [-0.1, -0.05) is 82.9 Å². The molecule has 0 radical (unpaired) electrons. The fourth-order valence-corrected chi connectivity index (χ4v) is 6.74. The second-order valence-electron chi connectivity index (χ2n) is 9.30. The summed E-state index contributed by atoms with van der Waals surface area (Å²) < 4.78 is 0. The molecule has 0 amide bonds. The number of unbranched alkanes of at least 4 members (excludes halogenated alkanes) is 5. The minimum atomic E-state index is 0.868. The Bertz CT molecular complexity index is 480. The van der Waals surface area contributed by atoms with Crippen LogP contribution in [0.15, 0.2) is 35.2 Å². The van der Waals surface area contributed by atoms with Gasteiger partial charge in [0.15, 0.2) is 0 Å². The van der Waals surface area contributed by atoms with Crippen molar-refractivity contribution in [3.8, 4) is 0 Å². The van der Waals surface area contributed by atoms with Crippen LogP contribution in [0.1, 0.15) is 103 Å². The van der Waals surface area contributed by atoms with Crippen molar-refractivity contribution < 1.29 is 0 Å². The van der Waals surface area contributed by atoms with Crippen LogP contribution in [0, 0.1) is 17.8 Å². The standard InChI is InChI=1S/C26H42S/c1-2-3-4-5-6-8-11-22-14-16-23(17-15-22)24-18-20-26(21-19-24)27-25-12-9-7-10-13-25/h7,9-10,12-13,22-24,26H,2-6,8,11,14-21H2,1H3. The van der Waals surface area contributed by atoms with E-state index < -0.39 is 0 Å². The zero-order valence-corrected chi connectivity index (χ0v) is 18.5. The first-order chi connectivity index (χ1) is 13.3. The van der Waals surface area contributed by atoms with Crippen LogP contribution >= 0.6 is 11.8 Å². The second kappa shape index (κ2) is 12.2. The highest BCUT2D eigenvalue weighted by atomic mass is 32.2. The molecule has 0 N–H and O–H groups in total. The summed E-state index contributed by atoms with van der Waals surface area (Å²) in [6, 6.07) is 11.0. The molecular formula is C26H42S. The summed E-state index contributed by atoms with van der Waals surface area (Å²) in [6.07, 6.45) is 22.3. The summed E-state index contributed by atoms with van der Waals surface area (Å²) in [4.78, 5) is 1.47. The van der Waals surface area contributed by atoms with Gasteiger partial charge in [0, 0.05) is 10.1 Å². The summed E-state index contributed by atoms with van der Waals surface area (Å²) in [6.45, 7) is 2.31. The van der Waals surface area contributed by atoms with Crippen LogP contribution in [0.2, 0.25) is 0 Å². The number of hydrogen-bond acceptors (Lipinski definition) is 1. The maximum Gasteiger partial charge on any atom is 0.00946 e. The molecule has 2 saturated carbocycles. The van der Waals surface area contributed by atoms with Gasteiger partial charge >= 0.3 is 0 Å². The molecule has 0 nitrogen and oxygen atoms in total. The molecule has 1 heteroatoms. The van der Waals surface area contributed by atoms with E-state index >= 15 is 0 Å². The van der Waals surface area contributed by atoms with Crippen molar-refractivity contribution >= 4 is 11.8 Å². The Morgan fingerprint density at radius 3 is 1.96 bits per heavy atom. The van der Waals surface area contributed by atoms with E-state index in [1.807, 2.05) is 0 Å². The van der Waals surface area contributed by atoms with Crippen LogP contribution in [-0.4, -0.2) is 5.25 Å². The lowest BCUT2D eigenvalue weighted by molar-refractivity contribution is 0.164. The van der Waals surface area contributed by atoms with Crippen LogP contribution < -0.4 is 0 Å². The van der Waals surface area contributed by atoms with Gasteiger partial charge in [-0.05, 0) is 68.4 Å². The van der Waals surface area contributed by atoms with E-state index in [0.717, 1.165) is 23.0 Å². The van der Waals surface area contributed by atoms with E-state index in [-0.39, 0.29) is 0 Å². The quantitative estimate of drug-likeness (QED) is 0.362. The third kappa shape index (κ3) is 7.48. The molecule has 0 heterocycles. The normalized spacial score (nSPS) is 28.9. The van der Waals surface area contributed by atoms with Gasteiger partial charge in [0.05, 0.1) is 0 Å². The molecule has 2 aliphatic carbocycles. The number of thioether (sulfide) groups is 1. The molecule has 0 unspecified atom stereocenters. The molecule has 0 aromatic heterocycles. The van der Waals surface area contributed by atoms with Gasteiger partial charge in [-0.25, -0.2) is 0 Å². The number of hydrogen-bond donors (Lipinski definition) is 0. The van der Waals surface area contributed by atoms with E-state index in [4.69, 9.17) is 0 Å². The molecule has 0 spiro atoms. The van der Waals surface area contributed by atoms with Crippen LogP contribution in [-0.2, 0) is 0 Å². The first-order valence-corrected chi connectivity index (χ1v) is 12.9. The van der Waals surface area contributed by atoms with E-state index in [1.54, 1.807) is 25.7 Å². The van der Waals surface area contributed by atoms with Crippen LogP contribution in [0.3, 0.4) is 0 Å². The molecule has 0 atom stereocenters. The molecule has 1 aromatic carbocycles. The van der Waals surface area contributed by atoms with Gasteiger partial charge in [-0.15, -0.1) is 11.8 Å². The second-order valence-corrected chi connectivity index (χ2v) is 10.7. The van der Waals surface area contributed by atoms with Gasteiger partial charge < -0.3 is 0 Å². The smallest absolute Gasteiger partial charge is 0.00946 e. The lowest BCUT2D eigenvalue weighted by Crippen LogP contribution is -2.26.